The van der Waals surface area contributed by atoms with Gasteiger partial charge < -0.3 is 14.6 Å². The van der Waals surface area contributed by atoms with Gasteiger partial charge in [0.1, 0.15) is 22.8 Å². The average molecular weight is 360 g/mol. The zero-order valence-corrected chi connectivity index (χ0v) is 15.2. The van der Waals surface area contributed by atoms with Crippen LogP contribution in [0.5, 0.6) is 17.2 Å². The van der Waals surface area contributed by atoms with Crippen molar-refractivity contribution in [2.24, 2.45) is 0 Å². The van der Waals surface area contributed by atoms with E-state index < -0.39 is 0 Å². The molecule has 0 unspecified atom stereocenters. The number of carbonyl (C=O) groups excluding carboxylic acids is 1. The first-order valence-electron chi connectivity index (χ1n) is 8.45. The molecule has 0 aromatic heterocycles. The fourth-order valence-electron chi connectivity index (χ4n) is 2.78. The molecule has 0 heterocycles. The molecule has 0 aliphatic rings. The third-order valence-corrected chi connectivity index (χ3v) is 4.20. The molecule has 0 spiro atoms. The van der Waals surface area contributed by atoms with Crippen molar-refractivity contribution < 1.29 is 19.4 Å². The maximum atomic E-state index is 12.5. The molecule has 3 aromatic rings. The smallest absolute Gasteiger partial charge is 0.193 e. The molecule has 0 saturated carbocycles. The van der Waals surface area contributed by atoms with E-state index in [2.05, 4.69) is 0 Å². The lowest BCUT2D eigenvalue weighted by atomic mass is 10.0. The summed E-state index contributed by atoms with van der Waals surface area (Å²) < 4.78 is 10.3. The standard InChI is InChI=1S/C23H20O4/c1-26-19-14-21(25)23(22(15-19)27-2)20(24)13-10-16-8-11-18(12-9-16)17-6-4-3-5-7-17/h3-15,25H,1-2H3/b13-10+. The molecule has 0 aliphatic carbocycles. The minimum absolute atomic E-state index is 0.107. The summed E-state index contributed by atoms with van der Waals surface area (Å²) in [6.07, 6.45) is 3.13. The predicted molar refractivity (Wildman–Crippen MR) is 106 cm³/mol. The molecular formula is C23H20O4. The van der Waals surface area contributed by atoms with Gasteiger partial charge in [0.15, 0.2) is 5.78 Å². The average Bonchev–Trinajstić information content (AvgIpc) is 2.72. The normalized spacial score (nSPS) is 10.7. The lowest BCUT2D eigenvalue weighted by Crippen LogP contribution is -2.00. The summed E-state index contributed by atoms with van der Waals surface area (Å²) in [6.45, 7) is 0. The van der Waals surface area contributed by atoms with Crippen molar-refractivity contribution in [3.05, 3.63) is 83.9 Å². The number of ether oxygens (including phenoxy) is 2. The van der Waals surface area contributed by atoms with Gasteiger partial charge >= 0.3 is 0 Å². The third-order valence-electron chi connectivity index (χ3n) is 4.20. The Kier molecular flexibility index (Phi) is 5.57. The highest BCUT2D eigenvalue weighted by atomic mass is 16.5. The van der Waals surface area contributed by atoms with Crippen LogP contribution in [0.15, 0.2) is 72.8 Å². The number of aromatic hydroxyl groups is 1. The molecule has 0 fully saturated rings. The van der Waals surface area contributed by atoms with Gasteiger partial charge in [-0.15, -0.1) is 0 Å². The van der Waals surface area contributed by atoms with Crippen LogP contribution in [-0.4, -0.2) is 25.1 Å². The molecule has 0 saturated heterocycles. The summed E-state index contributed by atoms with van der Waals surface area (Å²) in [7, 11) is 2.92. The van der Waals surface area contributed by atoms with Crippen molar-refractivity contribution in [2.75, 3.05) is 14.2 Å². The van der Waals surface area contributed by atoms with Gasteiger partial charge in [-0.25, -0.2) is 0 Å². The molecule has 3 rings (SSSR count). The second-order valence-corrected chi connectivity index (χ2v) is 5.91. The molecule has 136 valence electrons. The van der Waals surface area contributed by atoms with Gasteiger partial charge in [0.25, 0.3) is 0 Å². The Bertz CT molecular complexity index is 958. The molecular weight excluding hydrogens is 340 g/mol. The Morgan fingerprint density at radius 2 is 1.56 bits per heavy atom. The molecule has 27 heavy (non-hydrogen) atoms. The van der Waals surface area contributed by atoms with E-state index in [1.165, 1.54) is 26.4 Å². The third kappa shape index (κ3) is 4.18. The van der Waals surface area contributed by atoms with Gasteiger partial charge in [-0.3, -0.25) is 4.79 Å². The summed E-state index contributed by atoms with van der Waals surface area (Å²) in [4.78, 5) is 12.5. The van der Waals surface area contributed by atoms with Crippen LogP contribution in [0.3, 0.4) is 0 Å². The van der Waals surface area contributed by atoms with E-state index in [1.54, 1.807) is 12.1 Å². The largest absolute Gasteiger partial charge is 0.507 e. The highest BCUT2D eigenvalue weighted by molar-refractivity contribution is 6.10. The zero-order valence-electron chi connectivity index (χ0n) is 15.2. The van der Waals surface area contributed by atoms with Crippen molar-refractivity contribution in [1.82, 2.24) is 0 Å². The summed E-state index contributed by atoms with van der Waals surface area (Å²) in [5.41, 5.74) is 3.23. The van der Waals surface area contributed by atoms with Crippen LogP contribution in [0.1, 0.15) is 15.9 Å². The first-order chi connectivity index (χ1) is 13.1. The van der Waals surface area contributed by atoms with Crippen LogP contribution >= 0.6 is 0 Å². The number of hydrogen-bond acceptors (Lipinski definition) is 4. The molecule has 4 nitrogen and oxygen atoms in total. The Balaban J connectivity index is 1.81. The summed E-state index contributed by atoms with van der Waals surface area (Å²) in [5, 5.41) is 10.1. The van der Waals surface area contributed by atoms with Gasteiger partial charge in [-0.2, -0.15) is 0 Å². The molecule has 1 N–H and O–H groups in total. The minimum Gasteiger partial charge on any atom is -0.507 e. The Morgan fingerprint density at radius 1 is 0.889 bits per heavy atom. The quantitative estimate of drug-likeness (QED) is 0.498. The van der Waals surface area contributed by atoms with Crippen LogP contribution in [0.2, 0.25) is 0 Å². The van der Waals surface area contributed by atoms with E-state index in [1.807, 2.05) is 54.6 Å². The summed E-state index contributed by atoms with van der Waals surface area (Å²) >= 11 is 0. The fourth-order valence-corrected chi connectivity index (χ4v) is 2.78. The van der Waals surface area contributed by atoms with E-state index in [0.717, 1.165) is 16.7 Å². The van der Waals surface area contributed by atoms with Crippen molar-refractivity contribution in [3.63, 3.8) is 0 Å². The number of methoxy groups -OCH3 is 2. The highest BCUT2D eigenvalue weighted by Gasteiger charge is 2.17. The van der Waals surface area contributed by atoms with Gasteiger partial charge in [-0.05, 0) is 22.8 Å². The minimum atomic E-state index is -0.348. The highest BCUT2D eigenvalue weighted by Crippen LogP contribution is 2.34. The SMILES string of the molecule is COc1cc(O)c(C(=O)/C=C/c2ccc(-c3ccccc3)cc2)c(OC)c1. The summed E-state index contributed by atoms with van der Waals surface area (Å²) in [6, 6.07) is 20.9. The number of phenols is 1. The van der Waals surface area contributed by atoms with Crippen molar-refractivity contribution in [3.8, 4) is 28.4 Å². The number of rotatable bonds is 6. The first-order valence-corrected chi connectivity index (χ1v) is 8.45. The lowest BCUT2D eigenvalue weighted by molar-refractivity contribution is 0.104. The second-order valence-electron chi connectivity index (χ2n) is 5.91. The molecule has 0 aliphatic heterocycles. The molecule has 0 bridgehead atoms. The number of allylic oxidation sites excluding steroid dienone is 1. The zero-order chi connectivity index (χ0) is 19.2. The van der Waals surface area contributed by atoms with Gasteiger partial charge in [-0.1, -0.05) is 60.7 Å². The van der Waals surface area contributed by atoms with Crippen molar-refractivity contribution >= 4 is 11.9 Å². The van der Waals surface area contributed by atoms with E-state index in [0.29, 0.717) is 5.75 Å². The predicted octanol–water partition coefficient (Wildman–Crippen LogP) is 4.97. The molecule has 0 atom stereocenters. The Labute approximate surface area is 158 Å². The van der Waals surface area contributed by atoms with Crippen molar-refractivity contribution in [2.45, 2.75) is 0 Å². The van der Waals surface area contributed by atoms with Gasteiger partial charge in [0.2, 0.25) is 0 Å². The Morgan fingerprint density at radius 3 is 2.19 bits per heavy atom. The number of hydrogen-bond donors (Lipinski definition) is 1. The number of ketones is 1. The number of carbonyl (C=O) groups is 1. The monoisotopic (exact) mass is 360 g/mol. The van der Waals surface area contributed by atoms with E-state index >= 15 is 0 Å². The number of phenolic OH excluding ortho intramolecular Hbond substituents is 1. The maximum absolute atomic E-state index is 12.5. The van der Waals surface area contributed by atoms with Gasteiger partial charge in [0, 0.05) is 12.1 Å². The van der Waals surface area contributed by atoms with Crippen LogP contribution in [0.25, 0.3) is 17.2 Å². The maximum Gasteiger partial charge on any atom is 0.193 e. The molecule has 0 amide bonds. The number of benzene rings is 3. The topological polar surface area (TPSA) is 55.8 Å². The second kappa shape index (κ2) is 8.23. The fraction of sp³-hybridized carbons (Fsp3) is 0.0870. The molecule has 3 aromatic carbocycles. The lowest BCUT2D eigenvalue weighted by Gasteiger charge is -2.10. The van der Waals surface area contributed by atoms with E-state index in [4.69, 9.17) is 9.47 Å². The molecule has 4 heteroatoms. The molecule has 0 radical (unpaired) electrons. The van der Waals surface area contributed by atoms with Crippen LogP contribution < -0.4 is 9.47 Å². The van der Waals surface area contributed by atoms with Crippen LogP contribution in [0.4, 0.5) is 0 Å². The summed E-state index contributed by atoms with van der Waals surface area (Å²) in [5.74, 6) is 0.154. The Hall–Kier alpha value is -3.53. The van der Waals surface area contributed by atoms with Crippen molar-refractivity contribution in [1.29, 1.82) is 0 Å². The van der Waals surface area contributed by atoms with Gasteiger partial charge in [0.05, 0.1) is 14.2 Å². The van der Waals surface area contributed by atoms with Crippen LogP contribution in [-0.2, 0) is 0 Å². The van der Waals surface area contributed by atoms with E-state index in [-0.39, 0.29) is 22.8 Å². The first kappa shape index (κ1) is 18.3. The van der Waals surface area contributed by atoms with E-state index in [9.17, 15) is 9.90 Å². The van der Waals surface area contributed by atoms with Crippen LogP contribution in [0, 0.1) is 0 Å².